The fourth-order valence-electron chi connectivity index (χ4n) is 2.34. The van der Waals surface area contributed by atoms with Gasteiger partial charge in [-0.25, -0.2) is 0 Å². The van der Waals surface area contributed by atoms with E-state index in [-0.39, 0.29) is 0 Å². The van der Waals surface area contributed by atoms with Crippen LogP contribution in [0.5, 0.6) is 0 Å². The fourth-order valence-corrected chi connectivity index (χ4v) is 2.69. The highest BCUT2D eigenvalue weighted by Gasteiger charge is 2.04. The number of benzene rings is 3. The summed E-state index contributed by atoms with van der Waals surface area (Å²) >= 11 is 11.4. The van der Waals surface area contributed by atoms with Gasteiger partial charge in [-0.2, -0.15) is 0 Å². The van der Waals surface area contributed by atoms with Crippen molar-refractivity contribution in [2.24, 2.45) is 0 Å². The van der Waals surface area contributed by atoms with Crippen LogP contribution in [0.2, 0.25) is 5.02 Å². The second kappa shape index (κ2) is 6.34. The zero-order valence-corrected chi connectivity index (χ0v) is 13.6. The maximum Gasteiger partial charge on any atom is 0.175 e. The minimum absolute atomic E-state index is 0.554. The predicted octanol–water partition coefficient (Wildman–Crippen LogP) is 5.61. The normalized spacial score (nSPS) is 10.5. The van der Waals surface area contributed by atoms with Gasteiger partial charge >= 0.3 is 0 Å². The molecule has 0 spiro atoms. The van der Waals surface area contributed by atoms with E-state index in [0.29, 0.717) is 5.11 Å². The molecule has 0 atom stereocenters. The number of hydrogen-bond donors (Lipinski definition) is 2. The third kappa shape index (κ3) is 3.21. The van der Waals surface area contributed by atoms with E-state index in [9.17, 15) is 0 Å². The van der Waals surface area contributed by atoms with Crippen molar-refractivity contribution in [2.75, 3.05) is 10.6 Å². The predicted molar refractivity (Wildman–Crippen MR) is 100.0 cm³/mol. The minimum atomic E-state index is 0.554. The van der Waals surface area contributed by atoms with E-state index in [1.54, 1.807) is 0 Å². The van der Waals surface area contributed by atoms with Crippen LogP contribution >= 0.6 is 23.8 Å². The molecule has 3 rings (SSSR count). The molecule has 4 heteroatoms. The van der Waals surface area contributed by atoms with Crippen molar-refractivity contribution < 1.29 is 0 Å². The van der Waals surface area contributed by atoms with Gasteiger partial charge in [-0.3, -0.25) is 0 Å². The first-order chi connectivity index (χ1) is 10.6. The van der Waals surface area contributed by atoms with Gasteiger partial charge in [0.1, 0.15) is 0 Å². The number of aryl methyl sites for hydroxylation is 1. The summed E-state index contributed by atoms with van der Waals surface area (Å²) in [6, 6.07) is 20.1. The van der Waals surface area contributed by atoms with Crippen LogP contribution in [-0.2, 0) is 0 Å². The van der Waals surface area contributed by atoms with Gasteiger partial charge in [-0.05, 0) is 54.4 Å². The molecular weight excluding hydrogens is 312 g/mol. The van der Waals surface area contributed by atoms with Crippen molar-refractivity contribution in [3.8, 4) is 0 Å². The molecule has 0 saturated carbocycles. The molecule has 3 aromatic carbocycles. The molecule has 0 unspecified atom stereocenters. The average molecular weight is 327 g/mol. The van der Waals surface area contributed by atoms with Crippen molar-refractivity contribution in [3.63, 3.8) is 0 Å². The molecule has 2 nitrogen and oxygen atoms in total. The summed E-state index contributed by atoms with van der Waals surface area (Å²) in [5.41, 5.74) is 2.92. The van der Waals surface area contributed by atoms with Crippen LogP contribution in [0.3, 0.4) is 0 Å². The molecule has 0 saturated heterocycles. The SMILES string of the molecule is Cc1cc(NC(=S)Nc2cccc3ccccc23)ccc1Cl. The molecule has 0 radical (unpaired) electrons. The molecule has 0 bridgehead atoms. The Morgan fingerprint density at radius 2 is 1.73 bits per heavy atom. The van der Waals surface area contributed by atoms with E-state index in [1.165, 1.54) is 5.39 Å². The van der Waals surface area contributed by atoms with Gasteiger partial charge < -0.3 is 10.6 Å². The molecule has 110 valence electrons. The van der Waals surface area contributed by atoms with Gasteiger partial charge in [0.2, 0.25) is 0 Å². The second-order valence-corrected chi connectivity index (χ2v) is 5.89. The molecule has 0 heterocycles. The largest absolute Gasteiger partial charge is 0.332 e. The highest BCUT2D eigenvalue weighted by Crippen LogP contribution is 2.24. The van der Waals surface area contributed by atoms with Crippen LogP contribution in [0.25, 0.3) is 10.8 Å². The molecule has 3 aromatic rings. The standard InChI is InChI=1S/C18H15ClN2S/c1-12-11-14(9-10-16(12)19)20-18(22)21-17-8-4-6-13-5-2-3-7-15(13)17/h2-11H,1H3,(H2,20,21,22). The number of halogens is 1. The Bertz CT molecular complexity index is 840. The summed E-state index contributed by atoms with van der Waals surface area (Å²) in [6.45, 7) is 1.97. The monoisotopic (exact) mass is 326 g/mol. The Hall–Kier alpha value is -2.10. The molecule has 0 fully saturated rings. The summed E-state index contributed by atoms with van der Waals surface area (Å²) < 4.78 is 0. The summed E-state index contributed by atoms with van der Waals surface area (Å²) in [7, 11) is 0. The molecular formula is C18H15ClN2S. The van der Waals surface area contributed by atoms with Crippen LogP contribution in [0, 0.1) is 6.92 Å². The highest BCUT2D eigenvalue weighted by molar-refractivity contribution is 7.80. The molecule has 0 aromatic heterocycles. The highest BCUT2D eigenvalue weighted by atomic mass is 35.5. The lowest BCUT2D eigenvalue weighted by Crippen LogP contribution is -2.19. The van der Waals surface area contributed by atoms with Gasteiger partial charge in [0, 0.05) is 21.8 Å². The maximum atomic E-state index is 6.04. The van der Waals surface area contributed by atoms with E-state index in [0.717, 1.165) is 27.3 Å². The van der Waals surface area contributed by atoms with E-state index < -0.39 is 0 Å². The lowest BCUT2D eigenvalue weighted by molar-refractivity contribution is 1.46. The van der Waals surface area contributed by atoms with Crippen molar-refractivity contribution in [3.05, 3.63) is 71.2 Å². The Morgan fingerprint density at radius 1 is 0.955 bits per heavy atom. The fraction of sp³-hybridized carbons (Fsp3) is 0.0556. The molecule has 2 N–H and O–H groups in total. The molecule has 0 aliphatic heterocycles. The maximum absolute atomic E-state index is 6.04. The van der Waals surface area contributed by atoms with Crippen LogP contribution in [0.15, 0.2) is 60.7 Å². The Kier molecular flexibility index (Phi) is 4.27. The van der Waals surface area contributed by atoms with Gasteiger partial charge in [0.15, 0.2) is 5.11 Å². The number of nitrogens with one attached hydrogen (secondary N) is 2. The number of rotatable bonds is 2. The number of anilines is 2. The lowest BCUT2D eigenvalue weighted by atomic mass is 10.1. The van der Waals surface area contributed by atoms with Gasteiger partial charge in [-0.15, -0.1) is 0 Å². The first-order valence-corrected chi connectivity index (χ1v) is 7.74. The topological polar surface area (TPSA) is 24.1 Å². The Balaban J connectivity index is 1.80. The van der Waals surface area contributed by atoms with E-state index in [4.69, 9.17) is 23.8 Å². The third-order valence-corrected chi connectivity index (χ3v) is 4.08. The molecule has 0 aliphatic carbocycles. The quantitative estimate of drug-likeness (QED) is 0.598. The number of fused-ring (bicyclic) bond motifs is 1. The zero-order valence-electron chi connectivity index (χ0n) is 12.1. The van der Waals surface area contributed by atoms with Crippen LogP contribution in [0.1, 0.15) is 5.56 Å². The molecule has 0 amide bonds. The average Bonchev–Trinajstić information content (AvgIpc) is 2.51. The van der Waals surface area contributed by atoms with E-state index >= 15 is 0 Å². The van der Waals surface area contributed by atoms with Crippen molar-refractivity contribution in [1.82, 2.24) is 0 Å². The second-order valence-electron chi connectivity index (χ2n) is 5.07. The molecule has 0 aliphatic rings. The number of hydrogen-bond acceptors (Lipinski definition) is 1. The smallest absolute Gasteiger partial charge is 0.175 e. The van der Waals surface area contributed by atoms with Crippen LogP contribution < -0.4 is 10.6 Å². The van der Waals surface area contributed by atoms with Crippen molar-refractivity contribution in [1.29, 1.82) is 0 Å². The number of thiocarbonyl (C=S) groups is 1. The van der Waals surface area contributed by atoms with E-state index in [2.05, 4.69) is 28.8 Å². The summed E-state index contributed by atoms with van der Waals surface area (Å²) in [6.07, 6.45) is 0. The summed E-state index contributed by atoms with van der Waals surface area (Å²) in [4.78, 5) is 0. The molecule has 22 heavy (non-hydrogen) atoms. The zero-order chi connectivity index (χ0) is 15.5. The van der Waals surface area contributed by atoms with Crippen LogP contribution in [-0.4, -0.2) is 5.11 Å². The van der Waals surface area contributed by atoms with Crippen LogP contribution in [0.4, 0.5) is 11.4 Å². The Labute approximate surface area is 140 Å². The first kappa shape index (κ1) is 14.8. The van der Waals surface area contributed by atoms with Gasteiger partial charge in [0.05, 0.1) is 0 Å². The lowest BCUT2D eigenvalue weighted by Gasteiger charge is -2.13. The minimum Gasteiger partial charge on any atom is -0.332 e. The first-order valence-electron chi connectivity index (χ1n) is 6.95. The summed E-state index contributed by atoms with van der Waals surface area (Å²) in [5.74, 6) is 0. The van der Waals surface area contributed by atoms with Gasteiger partial charge in [-0.1, -0.05) is 48.0 Å². The Morgan fingerprint density at radius 3 is 2.55 bits per heavy atom. The van der Waals surface area contributed by atoms with E-state index in [1.807, 2.05) is 49.4 Å². The summed E-state index contributed by atoms with van der Waals surface area (Å²) in [5, 5.41) is 10.1. The van der Waals surface area contributed by atoms with Crippen molar-refractivity contribution >= 4 is 51.1 Å². The third-order valence-electron chi connectivity index (χ3n) is 3.45. The van der Waals surface area contributed by atoms with Crippen molar-refractivity contribution in [2.45, 2.75) is 6.92 Å². The van der Waals surface area contributed by atoms with Gasteiger partial charge in [0.25, 0.3) is 0 Å².